The molecule has 1 aromatic heterocycles. The summed E-state index contributed by atoms with van der Waals surface area (Å²) in [4.78, 5) is 5.08. The number of nitrogens with two attached hydrogens (primary N) is 1. The van der Waals surface area contributed by atoms with Gasteiger partial charge in [0.2, 0.25) is 20.0 Å². The van der Waals surface area contributed by atoms with E-state index in [4.69, 9.17) is 5.14 Å². The Kier molecular flexibility index (Phi) is 9.42. The number of alkyl halides is 3. The molecule has 0 saturated heterocycles. The first-order valence-corrected chi connectivity index (χ1v) is 16.7. The maximum absolute atomic E-state index is 13.3. The molecule has 42 heavy (non-hydrogen) atoms. The second-order valence-corrected chi connectivity index (χ2v) is 13.6. The zero-order chi connectivity index (χ0) is 30.7. The van der Waals surface area contributed by atoms with Crippen molar-refractivity contribution in [3.8, 4) is 11.3 Å². The van der Waals surface area contributed by atoms with E-state index in [0.29, 0.717) is 42.1 Å². The molecule has 0 spiro atoms. The van der Waals surface area contributed by atoms with E-state index in [1.165, 1.54) is 52.0 Å². The van der Waals surface area contributed by atoms with Crippen molar-refractivity contribution in [1.82, 2.24) is 8.87 Å². The predicted molar refractivity (Wildman–Crippen MR) is 156 cm³/mol. The van der Waals surface area contributed by atoms with Crippen LogP contribution in [0.15, 0.2) is 93.0 Å². The van der Waals surface area contributed by atoms with Crippen LogP contribution in [0.2, 0.25) is 0 Å². The SMILES string of the molecule is CCN(CC)S(=O)(=O)c1ccc(-c2csc(=Nc3cccc(C(F)(F)F)c3)n2CCc2ccc(S(N)(=O)=O)cc2)cc1. The van der Waals surface area contributed by atoms with Gasteiger partial charge in [0.1, 0.15) is 0 Å². The molecule has 0 atom stereocenters. The van der Waals surface area contributed by atoms with Gasteiger partial charge in [0.15, 0.2) is 4.80 Å². The Bertz CT molecular complexity index is 1830. The summed E-state index contributed by atoms with van der Waals surface area (Å²) in [6.45, 7) is 4.56. The number of hydrogen-bond acceptors (Lipinski definition) is 6. The number of aryl methyl sites for hydroxylation is 1. The molecule has 0 aliphatic rings. The standard InChI is InChI=1S/C28H29F3N4O4S3/c1-3-34(4-2)42(38,39)25-14-10-21(11-15-25)26-19-40-27(33-23-7-5-6-22(18-23)28(29,30)31)35(26)17-16-20-8-12-24(13-9-20)41(32,36)37/h5-15,18-19H,3-4,16-17H2,1-2H3,(H2,32,36,37). The Labute approximate surface area is 246 Å². The van der Waals surface area contributed by atoms with Crippen molar-refractivity contribution in [3.05, 3.63) is 94.1 Å². The van der Waals surface area contributed by atoms with Gasteiger partial charge in [0.05, 0.1) is 26.7 Å². The van der Waals surface area contributed by atoms with Crippen LogP contribution in [0.4, 0.5) is 18.9 Å². The van der Waals surface area contributed by atoms with Gasteiger partial charge in [-0.15, -0.1) is 11.3 Å². The number of halogens is 3. The fraction of sp³-hybridized carbons (Fsp3) is 0.250. The molecule has 0 fully saturated rings. The summed E-state index contributed by atoms with van der Waals surface area (Å²) in [5, 5.41) is 7.00. The molecule has 0 saturated carbocycles. The number of primary sulfonamides is 1. The van der Waals surface area contributed by atoms with Crippen LogP contribution in [0, 0.1) is 0 Å². The third kappa shape index (κ3) is 7.18. The van der Waals surface area contributed by atoms with Crippen LogP contribution < -0.4 is 9.94 Å². The number of hydrogen-bond donors (Lipinski definition) is 1. The third-order valence-electron chi connectivity index (χ3n) is 6.57. The van der Waals surface area contributed by atoms with Crippen molar-refractivity contribution in [2.75, 3.05) is 13.1 Å². The zero-order valence-corrected chi connectivity index (χ0v) is 25.2. The molecule has 14 heteroatoms. The van der Waals surface area contributed by atoms with E-state index < -0.39 is 31.8 Å². The van der Waals surface area contributed by atoms with Gasteiger partial charge in [0, 0.05) is 25.0 Å². The van der Waals surface area contributed by atoms with Crippen molar-refractivity contribution in [2.45, 2.75) is 42.8 Å². The van der Waals surface area contributed by atoms with Crippen LogP contribution in [0.25, 0.3) is 11.3 Å². The molecular weight excluding hydrogens is 610 g/mol. The summed E-state index contributed by atoms with van der Waals surface area (Å²) in [6.07, 6.45) is -4.07. The summed E-state index contributed by atoms with van der Waals surface area (Å²) < 4.78 is 92.2. The first-order valence-electron chi connectivity index (χ1n) is 12.9. The van der Waals surface area contributed by atoms with E-state index >= 15 is 0 Å². The Morgan fingerprint density at radius 1 is 0.905 bits per heavy atom. The predicted octanol–water partition coefficient (Wildman–Crippen LogP) is 5.39. The van der Waals surface area contributed by atoms with Crippen LogP contribution >= 0.6 is 11.3 Å². The summed E-state index contributed by atoms with van der Waals surface area (Å²) in [7, 11) is -7.50. The van der Waals surface area contributed by atoms with E-state index in [-0.39, 0.29) is 15.5 Å². The Morgan fingerprint density at radius 2 is 1.52 bits per heavy atom. The first-order chi connectivity index (χ1) is 19.7. The van der Waals surface area contributed by atoms with Crippen LogP contribution in [0.5, 0.6) is 0 Å². The molecule has 0 unspecified atom stereocenters. The normalized spacial score (nSPS) is 13.2. The lowest BCUT2D eigenvalue weighted by molar-refractivity contribution is -0.137. The Morgan fingerprint density at radius 3 is 2.10 bits per heavy atom. The van der Waals surface area contributed by atoms with Gasteiger partial charge < -0.3 is 4.57 Å². The van der Waals surface area contributed by atoms with E-state index in [9.17, 15) is 30.0 Å². The largest absolute Gasteiger partial charge is 0.416 e. The molecule has 4 aromatic rings. The molecule has 0 radical (unpaired) electrons. The lowest BCUT2D eigenvalue weighted by Crippen LogP contribution is -2.30. The minimum atomic E-state index is -4.52. The second kappa shape index (κ2) is 12.5. The summed E-state index contributed by atoms with van der Waals surface area (Å²) in [5.41, 5.74) is 1.51. The number of benzene rings is 3. The van der Waals surface area contributed by atoms with Crippen molar-refractivity contribution in [2.24, 2.45) is 10.1 Å². The fourth-order valence-corrected chi connectivity index (χ4v) is 7.25. The van der Waals surface area contributed by atoms with Gasteiger partial charge in [-0.1, -0.05) is 44.2 Å². The lowest BCUT2D eigenvalue weighted by Gasteiger charge is -2.18. The van der Waals surface area contributed by atoms with E-state index in [1.807, 2.05) is 9.95 Å². The molecule has 4 rings (SSSR count). The minimum absolute atomic E-state index is 0.0184. The molecule has 1 heterocycles. The van der Waals surface area contributed by atoms with E-state index in [0.717, 1.165) is 17.7 Å². The number of thiazole rings is 1. The topological polar surface area (TPSA) is 115 Å². The monoisotopic (exact) mass is 638 g/mol. The van der Waals surface area contributed by atoms with Crippen molar-refractivity contribution in [1.29, 1.82) is 0 Å². The quantitative estimate of drug-likeness (QED) is 0.251. The highest BCUT2D eigenvalue weighted by Crippen LogP contribution is 2.31. The van der Waals surface area contributed by atoms with Gasteiger partial charge in [-0.2, -0.15) is 17.5 Å². The highest BCUT2D eigenvalue weighted by molar-refractivity contribution is 7.89. The molecule has 8 nitrogen and oxygen atoms in total. The van der Waals surface area contributed by atoms with Crippen molar-refractivity contribution < 1.29 is 30.0 Å². The highest BCUT2D eigenvalue weighted by Gasteiger charge is 2.30. The third-order valence-corrected chi connectivity index (χ3v) is 10.4. The molecule has 224 valence electrons. The van der Waals surface area contributed by atoms with Gasteiger partial charge in [-0.05, 0) is 60.0 Å². The van der Waals surface area contributed by atoms with Crippen molar-refractivity contribution in [3.63, 3.8) is 0 Å². The van der Waals surface area contributed by atoms with E-state index in [2.05, 4.69) is 4.99 Å². The molecule has 0 bridgehead atoms. The summed E-state index contributed by atoms with van der Waals surface area (Å²) in [6, 6.07) is 17.3. The molecule has 0 aliphatic carbocycles. The maximum Gasteiger partial charge on any atom is 0.416 e. The number of rotatable bonds is 10. The Balaban J connectivity index is 1.75. The Hall–Kier alpha value is -3.30. The van der Waals surface area contributed by atoms with Crippen LogP contribution in [0.1, 0.15) is 25.0 Å². The number of aromatic nitrogens is 1. The average Bonchev–Trinajstić information content (AvgIpc) is 3.34. The van der Waals surface area contributed by atoms with Gasteiger partial charge in [0.25, 0.3) is 0 Å². The second-order valence-electron chi connectivity index (χ2n) is 9.27. The van der Waals surface area contributed by atoms with Gasteiger partial charge in [-0.25, -0.2) is 27.0 Å². The zero-order valence-electron chi connectivity index (χ0n) is 22.7. The molecule has 0 amide bonds. The summed E-state index contributed by atoms with van der Waals surface area (Å²) in [5.74, 6) is 0. The van der Waals surface area contributed by atoms with Gasteiger partial charge >= 0.3 is 6.18 Å². The number of sulfonamides is 2. The smallest absolute Gasteiger partial charge is 0.316 e. The van der Waals surface area contributed by atoms with Crippen molar-refractivity contribution >= 4 is 37.1 Å². The maximum atomic E-state index is 13.3. The molecule has 3 aromatic carbocycles. The average molecular weight is 639 g/mol. The highest BCUT2D eigenvalue weighted by atomic mass is 32.2. The lowest BCUT2D eigenvalue weighted by atomic mass is 10.1. The number of nitrogens with zero attached hydrogens (tertiary/aromatic N) is 3. The van der Waals surface area contributed by atoms with Crippen LogP contribution in [-0.4, -0.2) is 38.8 Å². The van der Waals surface area contributed by atoms with Crippen LogP contribution in [0.3, 0.4) is 0 Å². The molecular formula is C28H29F3N4O4S3. The van der Waals surface area contributed by atoms with Gasteiger partial charge in [-0.3, -0.25) is 0 Å². The molecule has 0 aliphatic heterocycles. The summed E-state index contributed by atoms with van der Waals surface area (Å²) >= 11 is 1.23. The minimum Gasteiger partial charge on any atom is -0.316 e. The molecule has 2 N–H and O–H groups in total. The van der Waals surface area contributed by atoms with Crippen LogP contribution in [-0.2, 0) is 39.2 Å². The fourth-order valence-electron chi connectivity index (χ4n) is 4.32. The van der Waals surface area contributed by atoms with E-state index in [1.54, 1.807) is 38.1 Å². The first kappa shape index (κ1) is 31.6.